The summed E-state index contributed by atoms with van der Waals surface area (Å²) >= 11 is 7.88. The van der Waals surface area contributed by atoms with Crippen molar-refractivity contribution in [2.24, 2.45) is 0 Å². The first-order chi connectivity index (χ1) is 24.0. The van der Waals surface area contributed by atoms with E-state index in [4.69, 9.17) is 16.7 Å². The van der Waals surface area contributed by atoms with Gasteiger partial charge in [-0.3, -0.25) is 19.8 Å². The fourth-order valence-electron chi connectivity index (χ4n) is 5.47. The van der Waals surface area contributed by atoms with Gasteiger partial charge >= 0.3 is 12.1 Å². The molecule has 4 N–H and O–H groups in total. The molecule has 1 saturated heterocycles. The second-order valence-electron chi connectivity index (χ2n) is 11.7. The van der Waals surface area contributed by atoms with Gasteiger partial charge < -0.3 is 15.3 Å². The maximum Gasteiger partial charge on any atom is 0.416 e. The number of amides is 2. The molecule has 9 nitrogen and oxygen atoms in total. The van der Waals surface area contributed by atoms with Crippen LogP contribution in [0.2, 0.25) is 5.15 Å². The molecule has 14 heteroatoms. The number of pyridine rings is 1. The number of hydrogen-bond donors (Lipinski definition) is 4. The van der Waals surface area contributed by atoms with Crippen LogP contribution in [-0.4, -0.2) is 46.7 Å². The van der Waals surface area contributed by atoms with Crippen molar-refractivity contribution in [2.75, 3.05) is 29.1 Å². The van der Waals surface area contributed by atoms with E-state index in [1.165, 1.54) is 36.0 Å². The molecular formula is C36H35ClF3N5O4S. The molecule has 0 atom stereocenters. The molecule has 0 bridgehead atoms. The van der Waals surface area contributed by atoms with Crippen LogP contribution < -0.4 is 21.1 Å². The number of alkyl halides is 3. The summed E-state index contributed by atoms with van der Waals surface area (Å²) in [4.78, 5) is 44.3. The third-order valence-corrected chi connectivity index (χ3v) is 9.20. The number of aromatic nitrogens is 1. The van der Waals surface area contributed by atoms with Gasteiger partial charge in [-0.05, 0) is 78.9 Å². The Morgan fingerprint density at radius 1 is 0.880 bits per heavy atom. The Hall–Kier alpha value is -4.59. The van der Waals surface area contributed by atoms with E-state index in [1.54, 1.807) is 24.3 Å². The third kappa shape index (κ3) is 10.2. The second-order valence-corrected chi connectivity index (χ2v) is 13.2. The number of hydrazine groups is 1. The number of piperidine rings is 1. The first-order valence-electron chi connectivity index (χ1n) is 15.9. The maximum atomic E-state index is 13.5. The third-order valence-electron chi connectivity index (χ3n) is 7.97. The lowest BCUT2D eigenvalue weighted by molar-refractivity contribution is -0.138. The average molecular weight is 726 g/mol. The van der Waals surface area contributed by atoms with Gasteiger partial charge in [0.1, 0.15) is 5.15 Å². The number of carboxylic acid groups (broad SMARTS) is 1. The Bertz CT molecular complexity index is 1850. The smallest absolute Gasteiger partial charge is 0.416 e. The SMILES string of the molecule is O=C(O)CCSCc1cccc(C(=O)Nc2ccc(N3CCCCC3)cc2-c2cc(C(=O)NNCc3cccc(C(F)(F)F)c3)cc(Cl)n2)c1. The number of carbonyl (C=O) groups is 3. The van der Waals surface area contributed by atoms with E-state index in [-0.39, 0.29) is 29.6 Å². The van der Waals surface area contributed by atoms with Gasteiger partial charge in [0.05, 0.1) is 23.4 Å². The molecule has 1 fully saturated rings. The van der Waals surface area contributed by atoms with E-state index in [1.807, 2.05) is 18.2 Å². The molecule has 0 radical (unpaired) electrons. The van der Waals surface area contributed by atoms with Gasteiger partial charge in [-0.15, -0.1) is 0 Å². The number of halogens is 4. The van der Waals surface area contributed by atoms with Crippen LogP contribution >= 0.6 is 23.4 Å². The van der Waals surface area contributed by atoms with Crippen LogP contribution in [0.3, 0.4) is 0 Å². The predicted octanol–water partition coefficient (Wildman–Crippen LogP) is 7.81. The summed E-state index contributed by atoms with van der Waals surface area (Å²) in [5.74, 6) is -0.806. The quantitative estimate of drug-likeness (QED) is 0.0626. The Kier molecular flexibility index (Phi) is 12.4. The molecular weight excluding hydrogens is 691 g/mol. The van der Waals surface area contributed by atoms with E-state index in [9.17, 15) is 27.6 Å². The van der Waals surface area contributed by atoms with Crippen LogP contribution in [-0.2, 0) is 23.3 Å². The number of anilines is 2. The molecule has 0 aliphatic carbocycles. The molecule has 2 heterocycles. The zero-order valence-corrected chi connectivity index (χ0v) is 28.4. The number of thioether (sulfide) groups is 1. The highest BCUT2D eigenvalue weighted by Gasteiger charge is 2.30. The molecule has 262 valence electrons. The normalized spacial score (nSPS) is 13.2. The van der Waals surface area contributed by atoms with E-state index in [0.717, 1.165) is 55.7 Å². The van der Waals surface area contributed by atoms with Crippen molar-refractivity contribution in [1.29, 1.82) is 0 Å². The van der Waals surface area contributed by atoms with Gasteiger partial charge in [0.2, 0.25) is 0 Å². The molecule has 3 aromatic carbocycles. The van der Waals surface area contributed by atoms with Crippen molar-refractivity contribution in [3.8, 4) is 11.3 Å². The lowest BCUT2D eigenvalue weighted by Gasteiger charge is -2.29. The summed E-state index contributed by atoms with van der Waals surface area (Å²) in [6.07, 6.45) is -1.19. The summed E-state index contributed by atoms with van der Waals surface area (Å²) in [6.45, 7) is 1.69. The number of carbonyl (C=O) groups excluding carboxylic acids is 2. The number of aliphatic carboxylic acids is 1. The lowest BCUT2D eigenvalue weighted by atomic mass is 10.0. The van der Waals surface area contributed by atoms with Gasteiger partial charge in [0, 0.05) is 53.5 Å². The lowest BCUT2D eigenvalue weighted by Crippen LogP contribution is -2.36. The number of benzene rings is 3. The predicted molar refractivity (Wildman–Crippen MR) is 189 cm³/mol. The molecule has 1 aromatic heterocycles. The first-order valence-corrected chi connectivity index (χ1v) is 17.5. The molecule has 0 spiro atoms. The monoisotopic (exact) mass is 725 g/mol. The van der Waals surface area contributed by atoms with Crippen LogP contribution in [0.5, 0.6) is 0 Å². The molecule has 2 amide bonds. The van der Waals surface area contributed by atoms with Gasteiger partial charge in [0.25, 0.3) is 11.8 Å². The molecule has 1 aliphatic rings. The van der Waals surface area contributed by atoms with Crippen LogP contribution in [0, 0.1) is 0 Å². The summed E-state index contributed by atoms with van der Waals surface area (Å²) in [5.41, 5.74) is 8.39. The van der Waals surface area contributed by atoms with E-state index in [2.05, 4.69) is 26.1 Å². The zero-order chi connectivity index (χ0) is 35.7. The highest BCUT2D eigenvalue weighted by Crippen LogP contribution is 2.34. The topological polar surface area (TPSA) is 124 Å². The summed E-state index contributed by atoms with van der Waals surface area (Å²) in [5, 5.41) is 11.9. The number of rotatable bonds is 13. The minimum absolute atomic E-state index is 0.0271. The minimum Gasteiger partial charge on any atom is -0.481 e. The molecule has 50 heavy (non-hydrogen) atoms. The summed E-state index contributed by atoms with van der Waals surface area (Å²) in [6, 6.07) is 20.4. The Morgan fingerprint density at radius 3 is 2.40 bits per heavy atom. The van der Waals surface area contributed by atoms with Crippen molar-refractivity contribution in [3.63, 3.8) is 0 Å². The average Bonchev–Trinajstić information content (AvgIpc) is 3.10. The molecule has 4 aromatic rings. The van der Waals surface area contributed by atoms with Gasteiger partial charge in [-0.2, -0.15) is 24.9 Å². The minimum atomic E-state index is -4.49. The van der Waals surface area contributed by atoms with Crippen molar-refractivity contribution < 1.29 is 32.7 Å². The van der Waals surface area contributed by atoms with Crippen molar-refractivity contribution in [2.45, 2.75) is 44.2 Å². The highest BCUT2D eigenvalue weighted by molar-refractivity contribution is 7.98. The highest BCUT2D eigenvalue weighted by atomic mass is 35.5. The van der Waals surface area contributed by atoms with Gasteiger partial charge in [-0.25, -0.2) is 10.4 Å². The standard InChI is InChI=1S/C36H35ClF3N5O4S/c37-32-19-26(35(49)44-41-21-23-6-5-9-27(17-23)36(38,39)40)18-31(42-32)29-20-28(45-13-2-1-3-14-45)10-11-30(29)43-34(48)25-8-4-7-24(16-25)22-50-15-12-33(46)47/h4-11,16-20,41H,1-3,12-15,21-22H2,(H,43,48)(H,44,49)(H,46,47). The fraction of sp³-hybridized carbons (Fsp3) is 0.278. The van der Waals surface area contributed by atoms with Crippen LogP contribution in [0.1, 0.15) is 63.1 Å². The summed E-state index contributed by atoms with van der Waals surface area (Å²) < 4.78 is 39.3. The largest absolute Gasteiger partial charge is 0.481 e. The number of nitrogens with one attached hydrogen (secondary N) is 3. The van der Waals surface area contributed by atoms with Crippen molar-refractivity contribution in [1.82, 2.24) is 15.8 Å². The van der Waals surface area contributed by atoms with Crippen molar-refractivity contribution in [3.05, 3.63) is 112 Å². The Balaban J connectivity index is 1.37. The molecule has 1 aliphatic heterocycles. The van der Waals surface area contributed by atoms with E-state index >= 15 is 0 Å². The number of hydrogen-bond acceptors (Lipinski definition) is 7. The summed E-state index contributed by atoms with van der Waals surface area (Å²) in [7, 11) is 0. The van der Waals surface area contributed by atoms with Crippen molar-refractivity contribution >= 4 is 52.5 Å². The van der Waals surface area contributed by atoms with E-state index < -0.39 is 23.6 Å². The first kappa shape index (κ1) is 36.7. The second kappa shape index (κ2) is 16.9. The Morgan fingerprint density at radius 2 is 1.64 bits per heavy atom. The van der Waals surface area contributed by atoms with Crippen LogP contribution in [0.4, 0.5) is 24.5 Å². The number of nitrogens with zero attached hydrogens (tertiary/aromatic N) is 2. The fourth-order valence-corrected chi connectivity index (χ4v) is 6.56. The molecule has 0 saturated carbocycles. The van der Waals surface area contributed by atoms with E-state index in [0.29, 0.717) is 39.6 Å². The van der Waals surface area contributed by atoms with Gasteiger partial charge in [0.15, 0.2) is 0 Å². The Labute approximate surface area is 296 Å². The van der Waals surface area contributed by atoms with Gasteiger partial charge in [-0.1, -0.05) is 41.9 Å². The molecule has 5 rings (SSSR count). The number of carboxylic acids is 1. The van der Waals surface area contributed by atoms with Crippen LogP contribution in [0.15, 0.2) is 78.9 Å². The molecule has 0 unspecified atom stereocenters. The van der Waals surface area contributed by atoms with Crippen LogP contribution in [0.25, 0.3) is 11.3 Å². The zero-order valence-electron chi connectivity index (χ0n) is 26.9. The maximum absolute atomic E-state index is 13.5.